The zero-order valence-electron chi connectivity index (χ0n) is 14.5. The van der Waals surface area contributed by atoms with Crippen molar-refractivity contribution in [1.82, 2.24) is 10.2 Å². The van der Waals surface area contributed by atoms with Crippen LogP contribution in [0.3, 0.4) is 0 Å². The molecule has 3 atom stereocenters. The highest BCUT2D eigenvalue weighted by Gasteiger charge is 2.36. The Morgan fingerprint density at radius 3 is 2.18 bits per heavy atom. The maximum absolute atomic E-state index is 12.4. The topological polar surface area (TPSA) is 86.7 Å². The molecule has 2 N–H and O–H groups in total. The van der Waals surface area contributed by atoms with Gasteiger partial charge in [0.1, 0.15) is 6.04 Å². The van der Waals surface area contributed by atoms with Crippen LogP contribution in [0.15, 0.2) is 0 Å². The smallest absolute Gasteiger partial charge is 0.347 e. The molecule has 0 aromatic heterocycles. The summed E-state index contributed by atoms with van der Waals surface area (Å²) >= 11 is 0. The number of carbonyl (C=O) groups is 2. The Morgan fingerprint density at radius 2 is 1.82 bits per heavy atom. The van der Waals surface area contributed by atoms with E-state index < -0.39 is 25.4 Å². The molecule has 0 bridgehead atoms. The predicted octanol–water partition coefficient (Wildman–Crippen LogP) is 2.15. The molecular formula is C15H30N2O4P+. The molecular weight excluding hydrogens is 303 g/mol. The summed E-state index contributed by atoms with van der Waals surface area (Å²) in [5, 5.41) is 2.78. The second-order valence-corrected chi connectivity index (χ2v) is 7.98. The van der Waals surface area contributed by atoms with E-state index in [4.69, 9.17) is 4.89 Å². The van der Waals surface area contributed by atoms with Gasteiger partial charge in [0.05, 0.1) is 5.92 Å². The lowest BCUT2D eigenvalue weighted by Gasteiger charge is -2.33. The van der Waals surface area contributed by atoms with Crippen LogP contribution in [0.1, 0.15) is 47.0 Å². The molecule has 0 spiro atoms. The highest BCUT2D eigenvalue weighted by molar-refractivity contribution is 7.38. The summed E-state index contributed by atoms with van der Waals surface area (Å²) in [5.41, 5.74) is -0.437. The zero-order valence-corrected chi connectivity index (χ0v) is 15.4. The second kappa shape index (κ2) is 9.21. The number of amides is 2. The molecule has 128 valence electrons. The van der Waals surface area contributed by atoms with Crippen LogP contribution in [0.25, 0.3) is 0 Å². The van der Waals surface area contributed by atoms with Crippen molar-refractivity contribution in [3.8, 4) is 0 Å². The summed E-state index contributed by atoms with van der Waals surface area (Å²) in [6, 6.07) is -0.657. The molecule has 0 fully saturated rings. The molecule has 0 heterocycles. The fourth-order valence-corrected chi connectivity index (χ4v) is 2.84. The van der Waals surface area contributed by atoms with Crippen molar-refractivity contribution < 1.29 is 19.0 Å². The van der Waals surface area contributed by atoms with Gasteiger partial charge in [0.15, 0.2) is 6.16 Å². The van der Waals surface area contributed by atoms with E-state index >= 15 is 0 Å². The molecule has 0 saturated carbocycles. The molecule has 0 aliphatic heterocycles. The maximum atomic E-state index is 12.4. The van der Waals surface area contributed by atoms with E-state index in [1.54, 1.807) is 14.1 Å². The van der Waals surface area contributed by atoms with Crippen LogP contribution in [0.4, 0.5) is 0 Å². The minimum absolute atomic E-state index is 0.0613. The number of hydrogen-bond acceptors (Lipinski definition) is 3. The lowest BCUT2D eigenvalue weighted by atomic mass is 9.85. The third kappa shape index (κ3) is 7.32. The Hall–Kier alpha value is -1.00. The molecule has 0 aromatic rings. The third-order valence-corrected chi connectivity index (χ3v) is 4.25. The Bertz CT molecular complexity index is 405. The van der Waals surface area contributed by atoms with Gasteiger partial charge in [-0.2, -0.15) is 4.89 Å². The van der Waals surface area contributed by atoms with E-state index in [1.165, 1.54) is 4.90 Å². The first-order chi connectivity index (χ1) is 10.0. The molecule has 0 aromatic carbocycles. The van der Waals surface area contributed by atoms with Gasteiger partial charge < -0.3 is 10.2 Å². The standard InChI is InChI=1S/C15H29N2O4P/c1-7-8-9-11(10-22(20)21)13(18)16-12(15(2,3)4)14(19)17(5)6/h11-12H,7-10H2,1-6H3,(H-,16,18,20,21)/p+1/t11?,12-/m1/s1. The molecule has 0 aliphatic carbocycles. The number of carbonyl (C=O) groups excluding carboxylic acids is 2. The van der Waals surface area contributed by atoms with Crippen LogP contribution in [0.2, 0.25) is 0 Å². The van der Waals surface area contributed by atoms with Crippen molar-refractivity contribution in [3.05, 3.63) is 0 Å². The van der Waals surface area contributed by atoms with Crippen molar-refractivity contribution in [2.45, 2.75) is 53.0 Å². The van der Waals surface area contributed by atoms with Crippen LogP contribution < -0.4 is 5.32 Å². The molecule has 22 heavy (non-hydrogen) atoms. The highest BCUT2D eigenvalue weighted by atomic mass is 31.1. The number of rotatable bonds is 8. The van der Waals surface area contributed by atoms with E-state index in [2.05, 4.69) is 5.32 Å². The largest absolute Gasteiger partial charge is 0.506 e. The van der Waals surface area contributed by atoms with Crippen molar-refractivity contribution in [2.75, 3.05) is 20.3 Å². The molecule has 0 rings (SSSR count). The lowest BCUT2D eigenvalue weighted by Crippen LogP contribution is -2.54. The van der Waals surface area contributed by atoms with Gasteiger partial charge >= 0.3 is 8.03 Å². The molecule has 6 nitrogen and oxygen atoms in total. The molecule has 0 radical (unpaired) electrons. The summed E-state index contributed by atoms with van der Waals surface area (Å²) in [6.07, 6.45) is 2.21. The molecule has 7 heteroatoms. The number of nitrogens with one attached hydrogen (secondary N) is 1. The summed E-state index contributed by atoms with van der Waals surface area (Å²) in [4.78, 5) is 35.3. The SMILES string of the molecule is CCCCC(C[P+](=O)O)C(=O)N[C@H](C(=O)N(C)C)C(C)(C)C. The lowest BCUT2D eigenvalue weighted by molar-refractivity contribution is -0.138. The number of hydrogen-bond donors (Lipinski definition) is 2. The van der Waals surface area contributed by atoms with Gasteiger partial charge in [0, 0.05) is 14.1 Å². The second-order valence-electron chi connectivity index (χ2n) is 6.91. The van der Waals surface area contributed by atoms with Crippen LogP contribution in [-0.4, -0.2) is 47.9 Å². The van der Waals surface area contributed by atoms with Crippen molar-refractivity contribution in [1.29, 1.82) is 0 Å². The summed E-state index contributed by atoms with van der Waals surface area (Å²) < 4.78 is 11.1. The first kappa shape index (κ1) is 21.0. The molecule has 2 unspecified atom stereocenters. The van der Waals surface area contributed by atoms with Gasteiger partial charge in [-0.25, -0.2) is 0 Å². The van der Waals surface area contributed by atoms with Crippen LogP contribution in [-0.2, 0) is 14.2 Å². The summed E-state index contributed by atoms with van der Waals surface area (Å²) in [5.74, 6) is -1.03. The third-order valence-electron chi connectivity index (χ3n) is 3.49. The van der Waals surface area contributed by atoms with E-state index in [1.807, 2.05) is 27.7 Å². The summed E-state index contributed by atoms with van der Waals surface area (Å²) in [7, 11) is 0.915. The Balaban J connectivity index is 5.10. The van der Waals surface area contributed by atoms with E-state index in [-0.39, 0.29) is 18.0 Å². The van der Waals surface area contributed by atoms with E-state index in [0.717, 1.165) is 12.8 Å². The number of unbranched alkanes of at least 4 members (excludes halogenated alkanes) is 1. The average molecular weight is 333 g/mol. The average Bonchev–Trinajstić information content (AvgIpc) is 2.37. The molecule has 0 aliphatic rings. The van der Waals surface area contributed by atoms with E-state index in [0.29, 0.717) is 6.42 Å². The molecule has 0 saturated heterocycles. The minimum Gasteiger partial charge on any atom is -0.347 e. The van der Waals surface area contributed by atoms with Gasteiger partial charge in [-0.3, -0.25) is 9.59 Å². The maximum Gasteiger partial charge on any atom is 0.506 e. The highest BCUT2D eigenvalue weighted by Crippen LogP contribution is 2.25. The number of nitrogens with zero attached hydrogens (tertiary/aromatic N) is 1. The van der Waals surface area contributed by atoms with Gasteiger partial charge in [-0.1, -0.05) is 40.5 Å². The zero-order chi connectivity index (χ0) is 17.5. The van der Waals surface area contributed by atoms with Gasteiger partial charge in [0.2, 0.25) is 11.8 Å². The first-order valence-electron chi connectivity index (χ1n) is 7.65. The van der Waals surface area contributed by atoms with Gasteiger partial charge in [-0.05, 0) is 16.4 Å². The Kier molecular flexibility index (Phi) is 8.79. The van der Waals surface area contributed by atoms with Crippen LogP contribution >= 0.6 is 8.03 Å². The Labute approximate surface area is 134 Å². The monoisotopic (exact) mass is 333 g/mol. The van der Waals surface area contributed by atoms with Crippen molar-refractivity contribution in [2.24, 2.45) is 11.3 Å². The fraction of sp³-hybridized carbons (Fsp3) is 0.867. The molecule has 2 amide bonds. The minimum atomic E-state index is -2.38. The van der Waals surface area contributed by atoms with Crippen molar-refractivity contribution in [3.63, 3.8) is 0 Å². The van der Waals surface area contributed by atoms with Crippen LogP contribution in [0.5, 0.6) is 0 Å². The number of likely N-dealkylation sites (N-methyl/N-ethyl adjacent to an activating group) is 1. The van der Waals surface area contributed by atoms with Crippen LogP contribution in [0, 0.1) is 11.3 Å². The Morgan fingerprint density at radius 1 is 1.27 bits per heavy atom. The van der Waals surface area contributed by atoms with Crippen molar-refractivity contribution >= 4 is 19.8 Å². The predicted molar refractivity (Wildman–Crippen MR) is 87.8 cm³/mol. The quantitative estimate of drug-likeness (QED) is 0.666. The first-order valence-corrected chi connectivity index (χ1v) is 9.05. The fourth-order valence-electron chi connectivity index (χ4n) is 2.11. The normalized spacial score (nSPS) is 15.0. The van der Waals surface area contributed by atoms with Gasteiger partial charge in [-0.15, -0.1) is 0 Å². The van der Waals surface area contributed by atoms with Gasteiger partial charge in [0.25, 0.3) is 0 Å². The summed E-state index contributed by atoms with van der Waals surface area (Å²) in [6.45, 7) is 7.65. The van der Waals surface area contributed by atoms with E-state index in [9.17, 15) is 14.2 Å².